The highest BCUT2D eigenvalue weighted by molar-refractivity contribution is 5.91. The molecule has 1 amide bonds. The number of anilines is 1. The number of hydrogen-bond acceptors (Lipinski definition) is 6. The summed E-state index contributed by atoms with van der Waals surface area (Å²) in [6, 6.07) is 15.0. The maximum atomic E-state index is 11.6. The lowest BCUT2D eigenvalue weighted by molar-refractivity contribution is -0.119. The van der Waals surface area contributed by atoms with Crippen LogP contribution < -0.4 is 14.8 Å². The molecular weight excluding hydrogens is 348 g/mol. The average molecular weight is 368 g/mol. The second-order valence-electron chi connectivity index (χ2n) is 5.59. The Hall–Kier alpha value is -3.39. The zero-order chi connectivity index (χ0) is 19.2. The number of ether oxygens (including phenoxy) is 3. The summed E-state index contributed by atoms with van der Waals surface area (Å²) >= 11 is 0. The van der Waals surface area contributed by atoms with Crippen LogP contribution in [-0.4, -0.2) is 48.6 Å². The minimum atomic E-state index is -0.218. The molecule has 140 valence electrons. The molecule has 27 heavy (non-hydrogen) atoms. The highest BCUT2D eigenvalue weighted by Crippen LogP contribution is 2.26. The molecule has 1 N–H and O–H groups in total. The van der Waals surface area contributed by atoms with Gasteiger partial charge in [-0.25, -0.2) is 4.68 Å². The maximum Gasteiger partial charge on any atom is 0.336 e. The lowest BCUT2D eigenvalue weighted by Gasteiger charge is -2.09. The van der Waals surface area contributed by atoms with Crippen molar-refractivity contribution in [2.45, 2.75) is 0 Å². The molecule has 0 spiro atoms. The van der Waals surface area contributed by atoms with Crippen LogP contribution in [0.2, 0.25) is 0 Å². The number of rotatable bonds is 7. The molecule has 8 heteroatoms. The third-order valence-electron chi connectivity index (χ3n) is 3.77. The van der Waals surface area contributed by atoms with Crippen LogP contribution in [-0.2, 0) is 9.53 Å². The van der Waals surface area contributed by atoms with Crippen LogP contribution in [0.3, 0.4) is 0 Å². The van der Waals surface area contributed by atoms with E-state index in [-0.39, 0.29) is 18.5 Å². The minimum Gasteiger partial charge on any atom is -0.497 e. The van der Waals surface area contributed by atoms with Gasteiger partial charge in [0, 0.05) is 18.4 Å². The summed E-state index contributed by atoms with van der Waals surface area (Å²) in [6.45, 7) is 0.00200. The van der Waals surface area contributed by atoms with Gasteiger partial charge in [0.1, 0.15) is 12.4 Å². The number of nitrogens with one attached hydrogen (secondary N) is 1. The van der Waals surface area contributed by atoms with Gasteiger partial charge in [0.15, 0.2) is 5.82 Å². The molecular formula is C19H20N4O4. The first-order valence-corrected chi connectivity index (χ1v) is 8.19. The van der Waals surface area contributed by atoms with Crippen molar-refractivity contribution >= 4 is 11.6 Å². The molecule has 1 heterocycles. The van der Waals surface area contributed by atoms with Gasteiger partial charge in [0.2, 0.25) is 5.91 Å². The molecule has 0 saturated carbocycles. The van der Waals surface area contributed by atoms with Gasteiger partial charge in [-0.1, -0.05) is 12.1 Å². The van der Waals surface area contributed by atoms with E-state index in [1.807, 2.05) is 36.4 Å². The molecule has 2 aromatic carbocycles. The smallest absolute Gasteiger partial charge is 0.336 e. The van der Waals surface area contributed by atoms with Crippen molar-refractivity contribution in [1.82, 2.24) is 14.8 Å². The molecule has 0 bridgehead atoms. The van der Waals surface area contributed by atoms with Crippen molar-refractivity contribution < 1.29 is 19.0 Å². The second-order valence-corrected chi connectivity index (χ2v) is 5.59. The molecule has 0 radical (unpaired) electrons. The van der Waals surface area contributed by atoms with Gasteiger partial charge in [-0.3, -0.25) is 4.79 Å². The van der Waals surface area contributed by atoms with Gasteiger partial charge >= 0.3 is 6.01 Å². The summed E-state index contributed by atoms with van der Waals surface area (Å²) in [5.41, 5.74) is 2.27. The molecule has 3 rings (SSSR count). The van der Waals surface area contributed by atoms with Crippen molar-refractivity contribution in [1.29, 1.82) is 0 Å². The number of carbonyl (C=O) groups is 1. The van der Waals surface area contributed by atoms with Crippen LogP contribution in [0.15, 0.2) is 48.5 Å². The van der Waals surface area contributed by atoms with E-state index in [1.165, 1.54) is 14.2 Å². The number of benzene rings is 2. The molecule has 0 atom stereocenters. The van der Waals surface area contributed by atoms with Crippen LogP contribution in [0.25, 0.3) is 17.1 Å². The summed E-state index contributed by atoms with van der Waals surface area (Å²) < 4.78 is 17.0. The predicted molar refractivity (Wildman–Crippen MR) is 100 cm³/mol. The first-order chi connectivity index (χ1) is 13.1. The van der Waals surface area contributed by atoms with E-state index in [4.69, 9.17) is 14.2 Å². The monoisotopic (exact) mass is 368 g/mol. The van der Waals surface area contributed by atoms with Crippen molar-refractivity contribution in [3.05, 3.63) is 48.5 Å². The number of carbonyl (C=O) groups excluding carboxylic acids is 1. The Morgan fingerprint density at radius 3 is 2.52 bits per heavy atom. The Bertz CT molecular complexity index is 922. The summed E-state index contributed by atoms with van der Waals surface area (Å²) in [7, 11) is 4.60. The predicted octanol–water partition coefficient (Wildman–Crippen LogP) is 2.54. The van der Waals surface area contributed by atoms with E-state index < -0.39 is 0 Å². The van der Waals surface area contributed by atoms with E-state index >= 15 is 0 Å². The number of amides is 1. The van der Waals surface area contributed by atoms with Crippen molar-refractivity contribution in [3.8, 4) is 28.8 Å². The molecule has 8 nitrogen and oxygen atoms in total. The highest BCUT2D eigenvalue weighted by atomic mass is 16.5. The first kappa shape index (κ1) is 18.4. The topological polar surface area (TPSA) is 87.5 Å². The van der Waals surface area contributed by atoms with Gasteiger partial charge in [-0.15, -0.1) is 5.10 Å². The fourth-order valence-corrected chi connectivity index (χ4v) is 2.52. The van der Waals surface area contributed by atoms with Crippen molar-refractivity contribution in [2.24, 2.45) is 0 Å². The molecule has 0 aliphatic carbocycles. The summed E-state index contributed by atoms with van der Waals surface area (Å²) in [5, 5.41) is 7.13. The Balaban J connectivity index is 1.94. The summed E-state index contributed by atoms with van der Waals surface area (Å²) in [6.07, 6.45) is 0. The Morgan fingerprint density at radius 2 is 1.85 bits per heavy atom. The van der Waals surface area contributed by atoms with E-state index in [0.29, 0.717) is 11.5 Å². The number of nitrogens with zero attached hydrogens (tertiary/aromatic N) is 3. The van der Waals surface area contributed by atoms with Crippen LogP contribution >= 0.6 is 0 Å². The minimum absolute atomic E-state index is 0.00200. The van der Waals surface area contributed by atoms with Gasteiger partial charge in [-0.2, -0.15) is 4.98 Å². The molecule has 1 aromatic heterocycles. The number of aromatic nitrogens is 3. The molecule has 0 saturated heterocycles. The van der Waals surface area contributed by atoms with Gasteiger partial charge in [0.05, 0.1) is 19.9 Å². The third-order valence-corrected chi connectivity index (χ3v) is 3.77. The van der Waals surface area contributed by atoms with E-state index in [2.05, 4.69) is 15.4 Å². The molecule has 0 unspecified atom stereocenters. The maximum absolute atomic E-state index is 11.6. The Morgan fingerprint density at radius 1 is 1.07 bits per heavy atom. The fourth-order valence-electron chi connectivity index (χ4n) is 2.52. The molecule has 3 aromatic rings. The molecule has 0 fully saturated rings. The Labute approximate surface area is 156 Å². The van der Waals surface area contributed by atoms with E-state index in [0.717, 1.165) is 17.0 Å². The van der Waals surface area contributed by atoms with Gasteiger partial charge in [-0.05, 0) is 36.4 Å². The zero-order valence-corrected chi connectivity index (χ0v) is 15.3. The van der Waals surface area contributed by atoms with Crippen molar-refractivity contribution in [2.75, 3.05) is 33.3 Å². The standard InChI is InChI=1S/C19H20N4O4/c1-25-12-17(24)20-14-7-9-15(10-8-14)23-18(21-19(22-23)27-3)13-5-4-6-16(11-13)26-2/h4-11H,12H2,1-3H3,(H,20,24). The fraction of sp³-hybridized carbons (Fsp3) is 0.211. The van der Waals surface area contributed by atoms with Crippen LogP contribution in [0.5, 0.6) is 11.8 Å². The first-order valence-electron chi connectivity index (χ1n) is 8.19. The van der Waals surface area contributed by atoms with Crippen LogP contribution in [0, 0.1) is 0 Å². The lowest BCUT2D eigenvalue weighted by atomic mass is 10.2. The molecule has 0 aliphatic rings. The summed E-state index contributed by atoms with van der Waals surface area (Å²) in [5.74, 6) is 1.11. The average Bonchev–Trinajstić information content (AvgIpc) is 3.13. The quantitative estimate of drug-likeness (QED) is 0.690. The third kappa shape index (κ3) is 4.24. The SMILES string of the molecule is COCC(=O)Nc1ccc(-n2nc(OC)nc2-c2cccc(OC)c2)cc1. The molecule has 0 aliphatic heterocycles. The normalized spacial score (nSPS) is 10.5. The van der Waals surface area contributed by atoms with Crippen molar-refractivity contribution in [3.63, 3.8) is 0 Å². The second kappa shape index (κ2) is 8.33. The number of methoxy groups -OCH3 is 3. The lowest BCUT2D eigenvalue weighted by Crippen LogP contribution is -2.17. The highest BCUT2D eigenvalue weighted by Gasteiger charge is 2.15. The van der Waals surface area contributed by atoms with E-state index in [1.54, 1.807) is 23.9 Å². The van der Waals surface area contributed by atoms with Gasteiger partial charge in [0.25, 0.3) is 0 Å². The van der Waals surface area contributed by atoms with E-state index in [9.17, 15) is 4.79 Å². The zero-order valence-electron chi connectivity index (χ0n) is 15.3. The largest absolute Gasteiger partial charge is 0.497 e. The number of hydrogen-bond donors (Lipinski definition) is 1. The van der Waals surface area contributed by atoms with Crippen LogP contribution in [0.1, 0.15) is 0 Å². The van der Waals surface area contributed by atoms with Gasteiger partial charge < -0.3 is 19.5 Å². The Kier molecular flexibility index (Phi) is 5.68. The summed E-state index contributed by atoms with van der Waals surface area (Å²) in [4.78, 5) is 16.1. The van der Waals surface area contributed by atoms with Crippen LogP contribution in [0.4, 0.5) is 5.69 Å².